The molecular formula is C38H53N4O8+. The lowest BCUT2D eigenvalue weighted by Crippen LogP contribution is -2.67. The van der Waals surface area contributed by atoms with Crippen molar-refractivity contribution >= 4 is 35.0 Å². The number of fused-ring (bicyclic) bond motifs is 1. The standard InChI is InChI=1S/C38H52N4O8/c1-7-18-49-28-16-13-17-41(23-28)37(44)40-35(27-14-11-10-12-15-27)36(43)42(38(45)47-6)24-29(19-25(42)4)50-33-22-34(48-9-3)39-31-21-32(46-5)26(8-2)20-30(31)33/h7-8,20-22,25,27-29,35H,1-2,9-19,23-24H2,3-6H3/p+1/t25-,28+,29-,35+,42?/m1/s1. The van der Waals surface area contributed by atoms with E-state index in [0.29, 0.717) is 55.6 Å². The number of carbonyl (C=O) groups is 3. The summed E-state index contributed by atoms with van der Waals surface area (Å²) < 4.78 is 28.7. The van der Waals surface area contributed by atoms with E-state index in [0.717, 1.165) is 55.9 Å². The number of carbonyl (C=O) groups excluding carboxylic acids is 3. The summed E-state index contributed by atoms with van der Waals surface area (Å²) in [6.07, 6.45) is 8.73. The summed E-state index contributed by atoms with van der Waals surface area (Å²) in [5, 5.41) is 3.84. The Labute approximate surface area is 295 Å². The number of urea groups is 1. The van der Waals surface area contributed by atoms with Crippen molar-refractivity contribution in [3.05, 3.63) is 43.0 Å². The van der Waals surface area contributed by atoms with E-state index in [1.54, 1.807) is 30.2 Å². The number of benzene rings is 1. The molecule has 4 amide bonds. The Bertz CT molecular complexity index is 1560. The van der Waals surface area contributed by atoms with E-state index in [2.05, 4.69) is 23.5 Å². The van der Waals surface area contributed by atoms with Gasteiger partial charge in [0, 0.05) is 42.6 Å². The van der Waals surface area contributed by atoms with Gasteiger partial charge >= 0.3 is 18.0 Å². The van der Waals surface area contributed by atoms with Crippen LogP contribution >= 0.6 is 0 Å². The SMILES string of the molecule is C=CCO[C@H]1CCCN(C(=O)N[C@H](C(=O)[N+]2(C(=O)OC)C[C@H](Oc3cc(OCC)nc4cc(OC)c(C=C)cc34)C[C@H]2C)C2CCCCC2)C1. The van der Waals surface area contributed by atoms with Crippen LogP contribution in [0.1, 0.15) is 70.8 Å². The molecule has 0 bridgehead atoms. The summed E-state index contributed by atoms with van der Waals surface area (Å²) >= 11 is 0. The molecule has 3 fully saturated rings. The highest BCUT2D eigenvalue weighted by atomic mass is 16.6. The molecule has 1 aromatic heterocycles. The van der Waals surface area contributed by atoms with Crippen molar-refractivity contribution in [2.24, 2.45) is 5.92 Å². The van der Waals surface area contributed by atoms with Crippen molar-refractivity contribution in [1.82, 2.24) is 15.2 Å². The van der Waals surface area contributed by atoms with Crippen LogP contribution in [0, 0.1) is 5.92 Å². The number of nitrogens with one attached hydrogen (secondary N) is 1. The van der Waals surface area contributed by atoms with Crippen LogP contribution in [0.4, 0.5) is 9.59 Å². The number of quaternary nitrogens is 1. The molecule has 3 heterocycles. The minimum atomic E-state index is -0.869. The van der Waals surface area contributed by atoms with E-state index in [-0.39, 0.29) is 30.5 Å². The number of likely N-dealkylation sites (tertiary alicyclic amines) is 2. The molecule has 5 atom stereocenters. The Morgan fingerprint density at radius 3 is 2.52 bits per heavy atom. The molecule has 1 N–H and O–H groups in total. The number of imide groups is 1. The van der Waals surface area contributed by atoms with Crippen LogP contribution < -0.4 is 19.5 Å². The summed E-state index contributed by atoms with van der Waals surface area (Å²) in [4.78, 5) is 49.1. The van der Waals surface area contributed by atoms with E-state index in [9.17, 15) is 14.4 Å². The van der Waals surface area contributed by atoms with Gasteiger partial charge in [0.25, 0.3) is 0 Å². The van der Waals surface area contributed by atoms with Crippen molar-refractivity contribution in [2.75, 3.05) is 47.1 Å². The van der Waals surface area contributed by atoms with Gasteiger partial charge in [-0.15, -0.1) is 6.58 Å². The van der Waals surface area contributed by atoms with Gasteiger partial charge in [-0.25, -0.2) is 14.6 Å². The van der Waals surface area contributed by atoms with Crippen LogP contribution in [0.5, 0.6) is 17.4 Å². The molecule has 272 valence electrons. The van der Waals surface area contributed by atoms with Crippen LogP contribution in [-0.4, -0.2) is 104 Å². The van der Waals surface area contributed by atoms with Crippen LogP contribution in [0.15, 0.2) is 37.4 Å². The Morgan fingerprint density at radius 1 is 1.06 bits per heavy atom. The topological polar surface area (TPSA) is 126 Å². The molecule has 5 rings (SSSR count). The number of hydrogen-bond acceptors (Lipinski definition) is 9. The average molecular weight is 694 g/mol. The molecule has 0 radical (unpaired) electrons. The zero-order valence-corrected chi connectivity index (χ0v) is 30.0. The molecule has 2 aliphatic heterocycles. The number of hydrogen-bond donors (Lipinski definition) is 1. The van der Waals surface area contributed by atoms with Gasteiger partial charge in [0.1, 0.15) is 30.1 Å². The van der Waals surface area contributed by atoms with E-state index in [4.69, 9.17) is 23.7 Å². The summed E-state index contributed by atoms with van der Waals surface area (Å²) in [5.74, 6) is 1.04. The predicted molar refractivity (Wildman–Crippen MR) is 190 cm³/mol. The summed E-state index contributed by atoms with van der Waals surface area (Å²) in [6.45, 7) is 13.3. The molecule has 1 unspecified atom stereocenters. The molecule has 1 aliphatic carbocycles. The lowest BCUT2D eigenvalue weighted by atomic mass is 9.83. The predicted octanol–water partition coefficient (Wildman–Crippen LogP) is 6.26. The zero-order valence-electron chi connectivity index (χ0n) is 30.0. The van der Waals surface area contributed by atoms with Gasteiger partial charge < -0.3 is 33.9 Å². The molecule has 1 aromatic carbocycles. The van der Waals surface area contributed by atoms with Crippen molar-refractivity contribution in [2.45, 2.75) is 89.5 Å². The normalized spacial score (nSPS) is 24.6. The molecule has 50 heavy (non-hydrogen) atoms. The largest absolute Gasteiger partial charge is 0.523 e. The minimum Gasteiger partial charge on any atom is -0.496 e. The van der Waals surface area contributed by atoms with E-state index in [1.807, 2.05) is 26.0 Å². The first kappa shape index (κ1) is 37.1. The Morgan fingerprint density at radius 2 is 1.84 bits per heavy atom. The zero-order chi connectivity index (χ0) is 35.8. The Balaban J connectivity index is 1.45. The van der Waals surface area contributed by atoms with Crippen molar-refractivity contribution in [3.63, 3.8) is 0 Å². The number of piperidine rings is 1. The second kappa shape index (κ2) is 16.7. The first-order valence-electron chi connectivity index (χ1n) is 17.9. The third-order valence-electron chi connectivity index (χ3n) is 10.4. The third kappa shape index (κ3) is 7.76. The minimum absolute atomic E-state index is 0.0468. The molecule has 0 spiro atoms. The quantitative estimate of drug-likeness (QED) is 0.203. The van der Waals surface area contributed by atoms with Crippen molar-refractivity contribution in [3.8, 4) is 17.4 Å². The first-order valence-corrected chi connectivity index (χ1v) is 17.9. The number of amides is 4. The van der Waals surface area contributed by atoms with Gasteiger partial charge in [-0.1, -0.05) is 38.0 Å². The van der Waals surface area contributed by atoms with Crippen LogP contribution in [0.2, 0.25) is 0 Å². The highest BCUT2D eigenvalue weighted by Gasteiger charge is 2.61. The van der Waals surface area contributed by atoms with Gasteiger partial charge in [-0.3, -0.25) is 0 Å². The van der Waals surface area contributed by atoms with Crippen LogP contribution in [0.3, 0.4) is 0 Å². The fourth-order valence-corrected chi connectivity index (χ4v) is 7.87. The highest BCUT2D eigenvalue weighted by Crippen LogP contribution is 2.39. The number of aromatic nitrogens is 1. The highest BCUT2D eigenvalue weighted by molar-refractivity contribution is 5.91. The monoisotopic (exact) mass is 693 g/mol. The summed E-state index contributed by atoms with van der Waals surface area (Å²) in [5.41, 5.74) is 1.38. The van der Waals surface area contributed by atoms with Gasteiger partial charge in [-0.2, -0.15) is 9.28 Å². The number of ether oxygens (including phenoxy) is 5. The summed E-state index contributed by atoms with van der Waals surface area (Å²) in [7, 11) is 2.89. The van der Waals surface area contributed by atoms with Crippen molar-refractivity contribution < 1.29 is 42.6 Å². The van der Waals surface area contributed by atoms with E-state index < -0.39 is 28.8 Å². The fraction of sp³-hybridized carbons (Fsp3) is 0.579. The maximum absolute atomic E-state index is 15.0. The van der Waals surface area contributed by atoms with Gasteiger partial charge in [-0.05, 0) is 51.5 Å². The average Bonchev–Trinajstić information content (AvgIpc) is 3.48. The lowest BCUT2D eigenvalue weighted by molar-refractivity contribution is -0.794. The van der Waals surface area contributed by atoms with Crippen LogP contribution in [0.25, 0.3) is 17.0 Å². The third-order valence-corrected chi connectivity index (χ3v) is 10.4. The number of methoxy groups -OCH3 is 2. The number of rotatable bonds is 12. The summed E-state index contributed by atoms with van der Waals surface area (Å²) in [6, 6.07) is 3.78. The Hall–Kier alpha value is -4.16. The molecule has 2 saturated heterocycles. The van der Waals surface area contributed by atoms with Crippen molar-refractivity contribution in [1.29, 1.82) is 0 Å². The Kier molecular flexibility index (Phi) is 12.4. The molecule has 12 heteroatoms. The van der Waals surface area contributed by atoms with E-state index in [1.165, 1.54) is 7.11 Å². The second-order valence-electron chi connectivity index (χ2n) is 13.5. The lowest BCUT2D eigenvalue weighted by Gasteiger charge is -2.39. The van der Waals surface area contributed by atoms with Gasteiger partial charge in [0.05, 0.1) is 39.1 Å². The molecule has 1 saturated carbocycles. The first-order chi connectivity index (χ1) is 24.2. The van der Waals surface area contributed by atoms with Gasteiger partial charge in [0.15, 0.2) is 6.10 Å². The smallest absolute Gasteiger partial charge is 0.496 e. The van der Waals surface area contributed by atoms with Gasteiger partial charge in [0.2, 0.25) is 5.88 Å². The molecule has 3 aliphatic rings. The second-order valence-corrected chi connectivity index (χ2v) is 13.5. The van der Waals surface area contributed by atoms with Crippen LogP contribution in [-0.2, 0) is 14.3 Å². The maximum atomic E-state index is 15.0. The molecular weight excluding hydrogens is 640 g/mol. The molecule has 12 nitrogen and oxygen atoms in total. The number of pyridine rings is 1. The number of nitrogens with zero attached hydrogens (tertiary/aromatic N) is 3. The maximum Gasteiger partial charge on any atom is 0.523 e. The van der Waals surface area contributed by atoms with E-state index >= 15 is 0 Å². The fourth-order valence-electron chi connectivity index (χ4n) is 7.87. The molecule has 2 aromatic rings.